The van der Waals surface area contributed by atoms with Gasteiger partial charge in [-0.3, -0.25) is 4.79 Å². The number of thiazole rings is 1. The molecule has 0 unspecified atom stereocenters. The van der Waals surface area contributed by atoms with Crippen LogP contribution in [0.5, 0.6) is 0 Å². The molecule has 27 heavy (non-hydrogen) atoms. The average molecular weight is 399 g/mol. The van der Waals surface area contributed by atoms with Gasteiger partial charge in [-0.1, -0.05) is 41.6 Å². The SMILES string of the molecule is Cc1ccc(Cc2sc(NC(=O)CSc3nc(C)cc(C)n3)nc2C)cc1. The summed E-state index contributed by atoms with van der Waals surface area (Å²) in [5.41, 5.74) is 5.26. The average Bonchev–Trinajstić information content (AvgIpc) is 2.93. The number of aryl methyl sites for hydroxylation is 4. The van der Waals surface area contributed by atoms with E-state index in [4.69, 9.17) is 0 Å². The van der Waals surface area contributed by atoms with Crippen molar-refractivity contribution in [2.75, 3.05) is 11.1 Å². The van der Waals surface area contributed by atoms with Gasteiger partial charge in [0.1, 0.15) is 0 Å². The molecule has 140 valence electrons. The van der Waals surface area contributed by atoms with Crippen molar-refractivity contribution in [3.63, 3.8) is 0 Å². The number of nitrogens with one attached hydrogen (secondary N) is 1. The third-order valence-electron chi connectivity index (χ3n) is 3.92. The van der Waals surface area contributed by atoms with Crippen LogP contribution in [0.15, 0.2) is 35.5 Å². The Bertz CT molecular complexity index is 931. The second-order valence-corrected chi connectivity index (χ2v) is 8.49. The Labute approximate surface area is 167 Å². The van der Waals surface area contributed by atoms with E-state index >= 15 is 0 Å². The summed E-state index contributed by atoms with van der Waals surface area (Å²) in [5, 5.41) is 4.15. The first-order valence-corrected chi connectivity index (χ1v) is 10.5. The number of hydrogen-bond donors (Lipinski definition) is 1. The third kappa shape index (κ3) is 5.61. The molecule has 0 radical (unpaired) electrons. The van der Waals surface area contributed by atoms with Crippen LogP contribution in [-0.2, 0) is 11.2 Å². The second kappa shape index (κ2) is 8.63. The summed E-state index contributed by atoms with van der Waals surface area (Å²) >= 11 is 2.86. The summed E-state index contributed by atoms with van der Waals surface area (Å²) in [6, 6.07) is 10.4. The monoisotopic (exact) mass is 398 g/mol. The molecule has 2 aromatic heterocycles. The molecule has 3 rings (SSSR count). The number of carbonyl (C=O) groups is 1. The van der Waals surface area contributed by atoms with Gasteiger partial charge in [0.25, 0.3) is 0 Å². The Morgan fingerprint density at radius 2 is 1.70 bits per heavy atom. The highest BCUT2D eigenvalue weighted by molar-refractivity contribution is 7.99. The number of amides is 1. The van der Waals surface area contributed by atoms with E-state index < -0.39 is 0 Å². The molecule has 3 aromatic rings. The van der Waals surface area contributed by atoms with E-state index in [1.165, 1.54) is 39.1 Å². The molecule has 1 amide bonds. The molecule has 5 nitrogen and oxygen atoms in total. The molecule has 7 heteroatoms. The molecule has 0 atom stereocenters. The zero-order valence-electron chi connectivity index (χ0n) is 15.9. The normalized spacial score (nSPS) is 10.8. The van der Waals surface area contributed by atoms with E-state index in [1.54, 1.807) is 0 Å². The number of rotatable bonds is 6. The zero-order chi connectivity index (χ0) is 19.4. The third-order valence-corrected chi connectivity index (χ3v) is 5.84. The van der Waals surface area contributed by atoms with E-state index in [-0.39, 0.29) is 11.7 Å². The summed E-state index contributed by atoms with van der Waals surface area (Å²) in [5.74, 6) is 0.160. The van der Waals surface area contributed by atoms with Gasteiger partial charge in [0.2, 0.25) is 5.91 Å². The van der Waals surface area contributed by atoms with E-state index in [9.17, 15) is 4.79 Å². The first-order chi connectivity index (χ1) is 12.9. The van der Waals surface area contributed by atoms with Gasteiger partial charge in [0.15, 0.2) is 10.3 Å². The van der Waals surface area contributed by atoms with E-state index in [2.05, 4.69) is 51.5 Å². The van der Waals surface area contributed by atoms with Crippen LogP contribution in [-0.4, -0.2) is 26.6 Å². The molecule has 2 heterocycles. The minimum Gasteiger partial charge on any atom is -0.301 e. The molecule has 0 saturated heterocycles. The lowest BCUT2D eigenvalue weighted by atomic mass is 10.1. The number of nitrogens with zero attached hydrogens (tertiary/aromatic N) is 3. The number of benzene rings is 1. The van der Waals surface area contributed by atoms with E-state index in [0.717, 1.165) is 23.5 Å². The maximum absolute atomic E-state index is 12.3. The number of anilines is 1. The van der Waals surface area contributed by atoms with Gasteiger partial charge in [-0.15, -0.1) is 11.3 Å². The van der Waals surface area contributed by atoms with E-state index in [1.807, 2.05) is 26.8 Å². The number of hydrogen-bond acceptors (Lipinski definition) is 6. The highest BCUT2D eigenvalue weighted by Gasteiger charge is 2.12. The highest BCUT2D eigenvalue weighted by atomic mass is 32.2. The van der Waals surface area contributed by atoms with Crippen molar-refractivity contribution in [3.05, 3.63) is 63.4 Å². The van der Waals surface area contributed by atoms with Crippen LogP contribution in [0.4, 0.5) is 5.13 Å². The second-order valence-electron chi connectivity index (χ2n) is 6.46. The highest BCUT2D eigenvalue weighted by Crippen LogP contribution is 2.26. The van der Waals surface area contributed by atoms with Gasteiger partial charge < -0.3 is 5.32 Å². The minimum absolute atomic E-state index is 0.0987. The molecule has 0 spiro atoms. The van der Waals surface area contributed by atoms with Crippen LogP contribution in [0.25, 0.3) is 0 Å². The lowest BCUT2D eigenvalue weighted by molar-refractivity contribution is -0.113. The van der Waals surface area contributed by atoms with Gasteiger partial charge >= 0.3 is 0 Å². The van der Waals surface area contributed by atoms with Crippen molar-refractivity contribution in [2.24, 2.45) is 0 Å². The molecule has 0 aliphatic rings. The van der Waals surface area contributed by atoms with Crippen molar-refractivity contribution in [2.45, 2.75) is 39.3 Å². The summed E-state index contributed by atoms with van der Waals surface area (Å²) in [6.45, 7) is 7.91. The Morgan fingerprint density at radius 3 is 2.37 bits per heavy atom. The molecule has 0 aliphatic carbocycles. The van der Waals surface area contributed by atoms with Crippen molar-refractivity contribution >= 4 is 34.1 Å². The first kappa shape index (κ1) is 19.5. The molecule has 0 fully saturated rings. The first-order valence-electron chi connectivity index (χ1n) is 8.66. The van der Waals surface area contributed by atoms with Crippen molar-refractivity contribution < 1.29 is 4.79 Å². The lowest BCUT2D eigenvalue weighted by Crippen LogP contribution is -2.14. The maximum atomic E-state index is 12.3. The molecule has 0 aliphatic heterocycles. The van der Waals surface area contributed by atoms with Gasteiger partial charge in [0, 0.05) is 22.7 Å². The smallest absolute Gasteiger partial charge is 0.236 e. The van der Waals surface area contributed by atoms with Gasteiger partial charge in [-0.25, -0.2) is 15.0 Å². The Hall–Kier alpha value is -2.25. The van der Waals surface area contributed by atoms with Crippen LogP contribution in [0.2, 0.25) is 0 Å². The van der Waals surface area contributed by atoms with Crippen molar-refractivity contribution in [3.8, 4) is 0 Å². The van der Waals surface area contributed by atoms with Crippen molar-refractivity contribution in [1.29, 1.82) is 0 Å². The van der Waals surface area contributed by atoms with Crippen LogP contribution in [0.1, 0.15) is 33.1 Å². The summed E-state index contributed by atoms with van der Waals surface area (Å²) < 4.78 is 0. The number of aromatic nitrogens is 3. The number of carbonyl (C=O) groups excluding carboxylic acids is 1. The summed E-state index contributed by atoms with van der Waals surface area (Å²) in [7, 11) is 0. The molecule has 1 N–H and O–H groups in total. The van der Waals surface area contributed by atoms with E-state index in [0.29, 0.717) is 10.3 Å². The predicted octanol–water partition coefficient (Wildman–Crippen LogP) is 4.49. The molecule has 0 bridgehead atoms. The van der Waals surface area contributed by atoms with Crippen LogP contribution >= 0.6 is 23.1 Å². The van der Waals surface area contributed by atoms with Crippen LogP contribution < -0.4 is 5.32 Å². The molecule has 1 aromatic carbocycles. The van der Waals surface area contributed by atoms with Crippen LogP contribution in [0, 0.1) is 27.7 Å². The maximum Gasteiger partial charge on any atom is 0.236 e. The zero-order valence-corrected chi connectivity index (χ0v) is 17.5. The fourth-order valence-electron chi connectivity index (χ4n) is 2.58. The van der Waals surface area contributed by atoms with Crippen molar-refractivity contribution in [1.82, 2.24) is 15.0 Å². The molecular weight excluding hydrogens is 376 g/mol. The Balaban J connectivity index is 1.58. The summed E-state index contributed by atoms with van der Waals surface area (Å²) in [4.78, 5) is 26.6. The van der Waals surface area contributed by atoms with Gasteiger partial charge in [-0.05, 0) is 39.3 Å². The Kier molecular flexibility index (Phi) is 6.23. The fraction of sp³-hybridized carbons (Fsp3) is 0.300. The quantitative estimate of drug-likeness (QED) is 0.489. The van der Waals surface area contributed by atoms with Gasteiger partial charge in [0.05, 0.1) is 11.4 Å². The molecule has 0 saturated carbocycles. The topological polar surface area (TPSA) is 67.8 Å². The fourth-order valence-corrected chi connectivity index (χ4v) is 4.34. The minimum atomic E-state index is -0.0987. The van der Waals surface area contributed by atoms with Gasteiger partial charge in [-0.2, -0.15) is 0 Å². The predicted molar refractivity (Wildman–Crippen MR) is 112 cm³/mol. The standard InChI is InChI=1S/C20H22N4OS2/c1-12-5-7-16(8-6-12)10-17-15(4)23-20(27-17)24-18(25)11-26-19-21-13(2)9-14(3)22-19/h5-9H,10-11H2,1-4H3,(H,23,24,25). The largest absolute Gasteiger partial charge is 0.301 e. The van der Waals surface area contributed by atoms with Crippen LogP contribution in [0.3, 0.4) is 0 Å². The summed E-state index contributed by atoms with van der Waals surface area (Å²) in [6.07, 6.45) is 0.824. The Morgan fingerprint density at radius 1 is 1.04 bits per heavy atom. The molecular formula is C20H22N4OS2. The number of thioether (sulfide) groups is 1. The lowest BCUT2D eigenvalue weighted by Gasteiger charge is -2.03.